The van der Waals surface area contributed by atoms with E-state index in [1.807, 2.05) is 6.92 Å². The number of aryl methyl sites for hydroxylation is 1. The first-order valence-corrected chi connectivity index (χ1v) is 5.75. The summed E-state index contributed by atoms with van der Waals surface area (Å²) in [6.07, 6.45) is 1.11. The van der Waals surface area contributed by atoms with Crippen molar-refractivity contribution in [2.24, 2.45) is 5.73 Å². The Morgan fingerprint density at radius 3 is 2.93 bits per heavy atom. The van der Waals surface area contributed by atoms with Crippen molar-refractivity contribution in [1.29, 1.82) is 0 Å². The molecular formula is C12H17ClN2. The molecule has 1 atom stereocenters. The molecule has 0 unspecified atom stereocenters. The van der Waals surface area contributed by atoms with Gasteiger partial charge in [0.05, 0.1) is 0 Å². The van der Waals surface area contributed by atoms with Crippen LogP contribution in [0.25, 0.3) is 0 Å². The van der Waals surface area contributed by atoms with Gasteiger partial charge in [-0.1, -0.05) is 17.7 Å². The number of hydrogen-bond acceptors (Lipinski definition) is 2. The number of nitrogens with two attached hydrogens (primary N) is 1. The summed E-state index contributed by atoms with van der Waals surface area (Å²) >= 11 is 6.14. The van der Waals surface area contributed by atoms with E-state index in [4.69, 9.17) is 17.3 Å². The number of halogens is 1. The van der Waals surface area contributed by atoms with Crippen molar-refractivity contribution in [3.05, 3.63) is 28.3 Å². The highest BCUT2D eigenvalue weighted by Gasteiger charge is 2.20. The molecule has 1 aromatic carbocycles. The topological polar surface area (TPSA) is 29.3 Å². The molecule has 3 heteroatoms. The molecule has 0 amide bonds. The summed E-state index contributed by atoms with van der Waals surface area (Å²) in [4.78, 5) is 2.32. The van der Waals surface area contributed by atoms with Gasteiger partial charge in [0, 0.05) is 29.8 Å². The Morgan fingerprint density at radius 1 is 1.53 bits per heavy atom. The zero-order valence-electron chi connectivity index (χ0n) is 9.26. The van der Waals surface area contributed by atoms with Gasteiger partial charge in [0.1, 0.15) is 0 Å². The van der Waals surface area contributed by atoms with Crippen molar-refractivity contribution in [3.8, 4) is 0 Å². The summed E-state index contributed by atoms with van der Waals surface area (Å²) in [7, 11) is 0. The maximum atomic E-state index is 6.14. The van der Waals surface area contributed by atoms with E-state index in [0.29, 0.717) is 0 Å². The summed E-state index contributed by atoms with van der Waals surface area (Å²) in [6.45, 7) is 6.06. The molecule has 0 saturated carbocycles. The number of nitrogens with zero attached hydrogens (tertiary/aromatic N) is 1. The quantitative estimate of drug-likeness (QED) is 0.836. The van der Waals surface area contributed by atoms with Gasteiger partial charge in [-0.25, -0.2) is 0 Å². The van der Waals surface area contributed by atoms with Crippen LogP contribution in [0, 0.1) is 6.92 Å². The van der Waals surface area contributed by atoms with Crippen molar-refractivity contribution in [2.75, 3.05) is 18.0 Å². The van der Waals surface area contributed by atoms with Crippen LogP contribution in [-0.2, 0) is 6.42 Å². The van der Waals surface area contributed by atoms with Gasteiger partial charge in [0.15, 0.2) is 0 Å². The smallest absolute Gasteiger partial charge is 0.0455 e. The Balaban J connectivity index is 2.30. The Labute approximate surface area is 96.0 Å². The van der Waals surface area contributed by atoms with Crippen LogP contribution in [-0.4, -0.2) is 19.1 Å². The Morgan fingerprint density at radius 2 is 2.27 bits per heavy atom. The number of fused-ring (bicyclic) bond motifs is 1. The fraction of sp³-hybridized carbons (Fsp3) is 0.500. The summed E-state index contributed by atoms with van der Waals surface area (Å²) in [5, 5.41) is 0.852. The summed E-state index contributed by atoms with van der Waals surface area (Å²) in [5.41, 5.74) is 9.65. The van der Waals surface area contributed by atoms with E-state index in [9.17, 15) is 0 Å². The second kappa shape index (κ2) is 4.03. The lowest BCUT2D eigenvalue weighted by molar-refractivity contribution is 0.693. The fourth-order valence-electron chi connectivity index (χ4n) is 2.14. The monoisotopic (exact) mass is 224 g/mol. The molecule has 1 heterocycles. The molecule has 0 radical (unpaired) electrons. The Hall–Kier alpha value is -0.730. The van der Waals surface area contributed by atoms with Gasteiger partial charge in [0.2, 0.25) is 0 Å². The van der Waals surface area contributed by atoms with Crippen LogP contribution in [0.4, 0.5) is 5.69 Å². The summed E-state index contributed by atoms with van der Waals surface area (Å²) in [6, 6.07) is 4.47. The van der Waals surface area contributed by atoms with Gasteiger partial charge in [-0.15, -0.1) is 0 Å². The third-order valence-corrected chi connectivity index (χ3v) is 3.27. The van der Waals surface area contributed by atoms with Gasteiger partial charge >= 0.3 is 0 Å². The first kappa shape index (κ1) is 10.8. The highest BCUT2D eigenvalue weighted by atomic mass is 35.5. The minimum absolute atomic E-state index is 0.205. The van der Waals surface area contributed by atoms with Gasteiger partial charge in [-0.05, 0) is 37.5 Å². The summed E-state index contributed by atoms with van der Waals surface area (Å²) < 4.78 is 0. The minimum atomic E-state index is 0.205. The molecule has 0 spiro atoms. The second-order valence-corrected chi connectivity index (χ2v) is 4.81. The van der Waals surface area contributed by atoms with E-state index in [1.165, 1.54) is 11.3 Å². The Bertz CT molecular complexity index is 374. The van der Waals surface area contributed by atoms with Crippen molar-refractivity contribution in [3.63, 3.8) is 0 Å². The van der Waals surface area contributed by atoms with E-state index < -0.39 is 0 Å². The maximum Gasteiger partial charge on any atom is 0.0455 e. The van der Waals surface area contributed by atoms with E-state index in [2.05, 4.69) is 24.0 Å². The van der Waals surface area contributed by atoms with E-state index in [-0.39, 0.29) is 6.04 Å². The first-order chi connectivity index (χ1) is 7.08. The van der Waals surface area contributed by atoms with Crippen molar-refractivity contribution in [1.82, 2.24) is 0 Å². The zero-order valence-corrected chi connectivity index (χ0v) is 10.0. The normalized spacial score (nSPS) is 16.7. The van der Waals surface area contributed by atoms with Crippen LogP contribution >= 0.6 is 11.6 Å². The molecule has 82 valence electrons. The molecule has 2 rings (SSSR count). The minimum Gasteiger partial charge on any atom is -0.369 e. The maximum absolute atomic E-state index is 6.14. The van der Waals surface area contributed by atoms with E-state index in [0.717, 1.165) is 30.1 Å². The average molecular weight is 225 g/mol. The molecule has 0 fully saturated rings. The molecule has 0 saturated heterocycles. The largest absolute Gasteiger partial charge is 0.369 e. The molecule has 0 aliphatic carbocycles. The van der Waals surface area contributed by atoms with Crippen LogP contribution in [0.15, 0.2) is 12.1 Å². The third-order valence-electron chi connectivity index (χ3n) is 2.86. The van der Waals surface area contributed by atoms with Crippen molar-refractivity contribution < 1.29 is 0 Å². The number of hydrogen-bond donors (Lipinski definition) is 1. The average Bonchev–Trinajstić information content (AvgIpc) is 2.49. The fourth-order valence-corrected chi connectivity index (χ4v) is 2.30. The predicted octanol–water partition coefficient (Wildman–Crippen LogP) is 2.36. The van der Waals surface area contributed by atoms with Gasteiger partial charge in [-0.3, -0.25) is 0 Å². The van der Waals surface area contributed by atoms with Crippen LogP contribution in [0.3, 0.4) is 0 Å². The highest BCUT2D eigenvalue weighted by Crippen LogP contribution is 2.32. The molecule has 1 aliphatic rings. The van der Waals surface area contributed by atoms with Crippen LogP contribution < -0.4 is 10.6 Å². The predicted molar refractivity (Wildman–Crippen MR) is 65.8 cm³/mol. The van der Waals surface area contributed by atoms with Crippen LogP contribution in [0.1, 0.15) is 18.1 Å². The van der Waals surface area contributed by atoms with Crippen molar-refractivity contribution >= 4 is 17.3 Å². The molecule has 0 aromatic heterocycles. The van der Waals surface area contributed by atoms with E-state index in [1.54, 1.807) is 0 Å². The van der Waals surface area contributed by atoms with Gasteiger partial charge < -0.3 is 10.6 Å². The molecule has 2 N–H and O–H groups in total. The first-order valence-electron chi connectivity index (χ1n) is 5.37. The molecule has 0 bridgehead atoms. The number of rotatable bonds is 2. The van der Waals surface area contributed by atoms with Gasteiger partial charge in [0.25, 0.3) is 0 Å². The molecule has 2 nitrogen and oxygen atoms in total. The third kappa shape index (κ3) is 2.11. The molecule has 1 aliphatic heterocycles. The number of anilines is 1. The van der Waals surface area contributed by atoms with Crippen LogP contribution in [0.2, 0.25) is 5.02 Å². The highest BCUT2D eigenvalue weighted by molar-refractivity contribution is 6.31. The van der Waals surface area contributed by atoms with Crippen molar-refractivity contribution in [2.45, 2.75) is 26.3 Å². The standard InChI is InChI=1S/C12H17ClN2/c1-8-5-10-3-4-15(7-9(2)14)12(10)6-11(8)13/h5-6,9H,3-4,7,14H2,1-2H3/t9-/m0/s1. The van der Waals surface area contributed by atoms with Crippen LogP contribution in [0.5, 0.6) is 0 Å². The SMILES string of the molecule is Cc1cc2c(cc1Cl)N(C[C@H](C)N)CC2. The second-order valence-electron chi connectivity index (χ2n) is 4.40. The lowest BCUT2D eigenvalue weighted by atomic mass is 10.1. The molecule has 15 heavy (non-hydrogen) atoms. The zero-order chi connectivity index (χ0) is 11.0. The molecule has 1 aromatic rings. The van der Waals surface area contributed by atoms with Gasteiger partial charge in [-0.2, -0.15) is 0 Å². The number of benzene rings is 1. The lowest BCUT2D eigenvalue weighted by Crippen LogP contribution is -2.34. The Kier molecular flexibility index (Phi) is 2.89. The lowest BCUT2D eigenvalue weighted by Gasteiger charge is -2.21. The van der Waals surface area contributed by atoms with E-state index >= 15 is 0 Å². The summed E-state index contributed by atoms with van der Waals surface area (Å²) in [5.74, 6) is 0. The molecular weight excluding hydrogens is 208 g/mol.